The number of nitrogens with one attached hydrogen (secondary N) is 2. The van der Waals surface area contributed by atoms with Crippen LogP contribution in [-0.2, 0) is 0 Å². The summed E-state index contributed by atoms with van der Waals surface area (Å²) in [5.74, 6) is 1.57. The van der Waals surface area contributed by atoms with Gasteiger partial charge >= 0.3 is 0 Å². The van der Waals surface area contributed by atoms with Gasteiger partial charge in [0.1, 0.15) is 5.84 Å². The van der Waals surface area contributed by atoms with Gasteiger partial charge in [-0.15, -0.1) is 0 Å². The molecule has 2 aliphatic rings. The van der Waals surface area contributed by atoms with Gasteiger partial charge < -0.3 is 10.2 Å². The maximum atomic E-state index is 11.9. The Morgan fingerprint density at radius 2 is 2.13 bits per heavy atom. The van der Waals surface area contributed by atoms with E-state index in [1.165, 1.54) is 6.42 Å². The second-order valence-corrected chi connectivity index (χ2v) is 6.22. The zero-order chi connectivity index (χ0) is 15.8. The largest absolute Gasteiger partial charge is 0.325 e. The number of rotatable bonds is 2. The third-order valence-electron chi connectivity index (χ3n) is 4.50. The van der Waals surface area contributed by atoms with Crippen LogP contribution in [0.25, 0.3) is 10.8 Å². The van der Waals surface area contributed by atoms with Gasteiger partial charge in [-0.25, -0.2) is 10.1 Å². The number of aromatic amines is 1. The van der Waals surface area contributed by atoms with E-state index in [1.54, 1.807) is 6.07 Å². The predicted molar refractivity (Wildman–Crippen MR) is 91.6 cm³/mol. The number of likely N-dealkylation sites (N-methyl/N-ethyl adjacent to an activating group) is 1. The number of anilines is 1. The van der Waals surface area contributed by atoms with Crippen LogP contribution in [0.2, 0.25) is 0 Å². The molecule has 7 heteroatoms. The average molecular weight is 312 g/mol. The molecular formula is C16H20N6O. The van der Waals surface area contributed by atoms with Gasteiger partial charge in [0, 0.05) is 13.1 Å². The molecule has 0 unspecified atom stereocenters. The van der Waals surface area contributed by atoms with Crippen LogP contribution in [0.5, 0.6) is 0 Å². The number of aromatic nitrogens is 2. The second kappa shape index (κ2) is 5.75. The molecule has 0 aliphatic carbocycles. The van der Waals surface area contributed by atoms with E-state index in [9.17, 15) is 4.79 Å². The number of amidine groups is 1. The van der Waals surface area contributed by atoms with Gasteiger partial charge in [0.05, 0.1) is 23.0 Å². The first-order valence-corrected chi connectivity index (χ1v) is 7.97. The predicted octanol–water partition coefficient (Wildman–Crippen LogP) is 1.02. The van der Waals surface area contributed by atoms with Gasteiger partial charge in [0.2, 0.25) is 0 Å². The van der Waals surface area contributed by atoms with Gasteiger partial charge in [-0.05, 0) is 38.7 Å². The standard InChI is InChI=1S/C16H20N6O/c1-21-6-3-7-22(9-8-21)10-13-17-12-5-2-4-11-14(12)15(18-13)19-20-16(11)23/h2,4-5H,3,6-10H2,1H3,(H,20,23)(H,17,18,19). The molecule has 0 amide bonds. The summed E-state index contributed by atoms with van der Waals surface area (Å²) in [6, 6.07) is 5.60. The molecule has 0 radical (unpaired) electrons. The minimum absolute atomic E-state index is 0.179. The van der Waals surface area contributed by atoms with Gasteiger partial charge in [-0.1, -0.05) is 6.07 Å². The van der Waals surface area contributed by atoms with E-state index in [4.69, 9.17) is 4.99 Å². The fourth-order valence-corrected chi connectivity index (χ4v) is 3.24. The van der Waals surface area contributed by atoms with E-state index in [0.717, 1.165) is 49.6 Å². The van der Waals surface area contributed by atoms with Gasteiger partial charge in [0.15, 0.2) is 5.82 Å². The van der Waals surface area contributed by atoms with Crippen molar-refractivity contribution >= 4 is 28.1 Å². The zero-order valence-electron chi connectivity index (χ0n) is 13.2. The minimum atomic E-state index is -0.179. The second-order valence-electron chi connectivity index (χ2n) is 6.22. The van der Waals surface area contributed by atoms with Crippen molar-refractivity contribution in [2.75, 3.05) is 45.1 Å². The molecule has 1 fully saturated rings. The molecule has 2 aromatic rings. The Morgan fingerprint density at radius 1 is 1.22 bits per heavy atom. The zero-order valence-corrected chi connectivity index (χ0v) is 13.2. The summed E-state index contributed by atoms with van der Waals surface area (Å²) >= 11 is 0. The van der Waals surface area contributed by atoms with Gasteiger partial charge in [0.25, 0.3) is 5.56 Å². The lowest BCUT2D eigenvalue weighted by Crippen LogP contribution is -2.36. The van der Waals surface area contributed by atoms with Crippen LogP contribution < -0.4 is 10.9 Å². The molecule has 1 aromatic carbocycles. The number of H-pyrrole nitrogens is 1. The first-order chi connectivity index (χ1) is 11.2. The highest BCUT2D eigenvalue weighted by Crippen LogP contribution is 2.32. The number of benzene rings is 1. The molecule has 2 aliphatic heterocycles. The molecule has 2 N–H and O–H groups in total. The van der Waals surface area contributed by atoms with E-state index < -0.39 is 0 Å². The highest BCUT2D eigenvalue weighted by Gasteiger charge is 2.20. The van der Waals surface area contributed by atoms with Crippen LogP contribution in [0.3, 0.4) is 0 Å². The maximum Gasteiger partial charge on any atom is 0.272 e. The monoisotopic (exact) mass is 312 g/mol. The smallest absolute Gasteiger partial charge is 0.272 e. The maximum absolute atomic E-state index is 11.9. The Balaban J connectivity index is 1.63. The first-order valence-electron chi connectivity index (χ1n) is 7.97. The molecule has 7 nitrogen and oxygen atoms in total. The van der Waals surface area contributed by atoms with Crippen molar-refractivity contribution in [1.29, 1.82) is 0 Å². The summed E-state index contributed by atoms with van der Waals surface area (Å²) in [6.45, 7) is 5.09. The Kier molecular flexibility index (Phi) is 3.59. The lowest BCUT2D eigenvalue weighted by atomic mass is 10.1. The van der Waals surface area contributed by atoms with E-state index in [2.05, 4.69) is 32.4 Å². The van der Waals surface area contributed by atoms with Gasteiger partial charge in [-0.2, -0.15) is 5.10 Å². The number of hydrogen-bond acceptors (Lipinski definition) is 6. The molecule has 1 saturated heterocycles. The van der Waals surface area contributed by atoms with Crippen LogP contribution in [0, 0.1) is 0 Å². The van der Waals surface area contributed by atoms with Crippen LogP contribution in [-0.4, -0.2) is 65.6 Å². The van der Waals surface area contributed by atoms with Crippen LogP contribution >= 0.6 is 0 Å². The summed E-state index contributed by atoms with van der Waals surface area (Å²) in [5.41, 5.74) is 0.637. The average Bonchev–Trinajstić information content (AvgIpc) is 2.75. The fraction of sp³-hybridized carbons (Fsp3) is 0.438. The van der Waals surface area contributed by atoms with Crippen LogP contribution in [0.4, 0.5) is 11.5 Å². The normalized spacial score (nSPS) is 19.3. The summed E-state index contributed by atoms with van der Waals surface area (Å²) in [4.78, 5) is 21.4. The van der Waals surface area contributed by atoms with E-state index >= 15 is 0 Å². The third-order valence-corrected chi connectivity index (χ3v) is 4.50. The topological polar surface area (TPSA) is 76.6 Å². The van der Waals surface area contributed by atoms with Crippen molar-refractivity contribution in [1.82, 2.24) is 20.0 Å². The number of aliphatic imine (C=N–C) groups is 1. The Hall–Kier alpha value is -2.25. The molecule has 0 saturated carbocycles. The Bertz CT molecular complexity index is 827. The lowest BCUT2D eigenvalue weighted by Gasteiger charge is -2.24. The third kappa shape index (κ3) is 2.73. The molecule has 1 aromatic heterocycles. The van der Waals surface area contributed by atoms with Crippen molar-refractivity contribution in [3.63, 3.8) is 0 Å². The van der Waals surface area contributed by atoms with E-state index in [1.807, 2.05) is 12.1 Å². The van der Waals surface area contributed by atoms with E-state index in [-0.39, 0.29) is 5.56 Å². The SMILES string of the molecule is CN1CCCN(CC2=Nc3cccc4c(=O)[nH]nc(c34)N2)CC1. The van der Waals surface area contributed by atoms with Gasteiger partial charge in [-0.3, -0.25) is 9.69 Å². The van der Waals surface area contributed by atoms with Crippen molar-refractivity contribution in [3.8, 4) is 0 Å². The highest BCUT2D eigenvalue weighted by molar-refractivity contribution is 6.12. The van der Waals surface area contributed by atoms with Crippen molar-refractivity contribution in [2.45, 2.75) is 6.42 Å². The Morgan fingerprint density at radius 3 is 3.04 bits per heavy atom. The first kappa shape index (κ1) is 14.3. The molecule has 3 heterocycles. The molecule has 0 bridgehead atoms. The molecule has 0 spiro atoms. The fourth-order valence-electron chi connectivity index (χ4n) is 3.24. The lowest BCUT2D eigenvalue weighted by molar-refractivity contribution is 0.306. The van der Waals surface area contributed by atoms with Crippen molar-refractivity contribution < 1.29 is 0 Å². The number of nitrogens with zero attached hydrogens (tertiary/aromatic N) is 4. The van der Waals surface area contributed by atoms with Crippen molar-refractivity contribution in [3.05, 3.63) is 28.6 Å². The molecule has 120 valence electrons. The Labute approximate surface area is 134 Å². The van der Waals surface area contributed by atoms with Crippen LogP contribution in [0.1, 0.15) is 6.42 Å². The summed E-state index contributed by atoms with van der Waals surface area (Å²) in [6.07, 6.45) is 1.17. The quantitative estimate of drug-likeness (QED) is 0.866. The van der Waals surface area contributed by atoms with Crippen molar-refractivity contribution in [2.24, 2.45) is 4.99 Å². The highest BCUT2D eigenvalue weighted by atomic mass is 16.1. The molecule has 4 rings (SSSR count). The summed E-state index contributed by atoms with van der Waals surface area (Å²) in [7, 11) is 2.16. The number of hydrogen-bond donors (Lipinski definition) is 2. The molecule has 0 atom stereocenters. The molecular weight excluding hydrogens is 292 g/mol. The minimum Gasteiger partial charge on any atom is -0.325 e. The molecule has 23 heavy (non-hydrogen) atoms. The van der Waals surface area contributed by atoms with Crippen LogP contribution in [0.15, 0.2) is 28.0 Å². The summed E-state index contributed by atoms with van der Waals surface area (Å²) < 4.78 is 0. The summed E-state index contributed by atoms with van der Waals surface area (Å²) in [5, 5.41) is 11.4. The van der Waals surface area contributed by atoms with E-state index in [0.29, 0.717) is 11.2 Å².